The van der Waals surface area contributed by atoms with E-state index in [9.17, 15) is 29.7 Å². The number of rotatable bonds is 17. The highest BCUT2D eigenvalue weighted by atomic mass is 16.6. The number of aliphatic hydroxyl groups is 3. The van der Waals surface area contributed by atoms with Crippen molar-refractivity contribution in [3.63, 3.8) is 0 Å². The molecule has 6 fully saturated rings. The van der Waals surface area contributed by atoms with Gasteiger partial charge < -0.3 is 48.8 Å². The molecule has 55 heavy (non-hydrogen) atoms. The summed E-state index contributed by atoms with van der Waals surface area (Å²) in [4.78, 5) is 41.6. The number of esters is 2. The standard InChI is InChI=1S/C41H59NO13/c1-6-42-21-38(22-50-2)25(43)19-26(51-3)40-24-20-39(49)35(54-37(48)23-15-11-10-12-16-23)29(24)41(34(47)36(39)53-5,30(33(40)42)31(52-4)32(38)40)55-28(46)18-14-9-7-8-13-17-27(44)45/h10-12,15-16,24-26,29-36,43,47,49H,6-9,13-14,17-22H2,1-5H3,(H,44,45)/t24-,25-,26+,29-,30+,31+,32-,33-,34+,35-,36+,38+,39-,40+,41-/m1/s1. The van der Waals surface area contributed by atoms with Gasteiger partial charge >= 0.3 is 17.9 Å². The molecule has 5 saturated carbocycles. The van der Waals surface area contributed by atoms with Crippen molar-refractivity contribution in [3.05, 3.63) is 35.9 Å². The van der Waals surface area contributed by atoms with Crippen molar-refractivity contribution >= 4 is 17.9 Å². The van der Waals surface area contributed by atoms with E-state index in [1.165, 1.54) is 7.11 Å². The number of likely N-dealkylation sites (tertiary alicyclic amines) is 1. The van der Waals surface area contributed by atoms with E-state index in [0.29, 0.717) is 38.8 Å². The second-order valence-electron chi connectivity index (χ2n) is 17.0. The fourth-order valence-electron chi connectivity index (χ4n) is 13.4. The van der Waals surface area contributed by atoms with Crippen molar-refractivity contribution < 1.29 is 63.2 Å². The van der Waals surface area contributed by atoms with Crippen LogP contribution in [-0.4, -0.2) is 145 Å². The largest absolute Gasteiger partial charge is 0.481 e. The second-order valence-corrected chi connectivity index (χ2v) is 17.0. The van der Waals surface area contributed by atoms with E-state index in [-0.39, 0.29) is 31.4 Å². The molecule has 1 aromatic carbocycles. The number of nitrogens with zero attached hydrogens (tertiary/aromatic N) is 1. The van der Waals surface area contributed by atoms with Crippen LogP contribution in [0.15, 0.2) is 30.3 Å². The molecule has 0 radical (unpaired) electrons. The summed E-state index contributed by atoms with van der Waals surface area (Å²) in [6.45, 7) is 3.28. The fraction of sp³-hybridized carbons (Fsp3) is 0.780. The number of hydrogen-bond donors (Lipinski definition) is 4. The Hall–Kier alpha value is -2.69. The van der Waals surface area contributed by atoms with Crippen molar-refractivity contribution in [2.75, 3.05) is 48.1 Å². The van der Waals surface area contributed by atoms with Crippen LogP contribution in [0.3, 0.4) is 0 Å². The smallest absolute Gasteiger partial charge is 0.338 e. The first-order valence-electron chi connectivity index (χ1n) is 20.0. The van der Waals surface area contributed by atoms with Gasteiger partial charge in [-0.3, -0.25) is 14.5 Å². The van der Waals surface area contributed by atoms with Crippen LogP contribution in [0.4, 0.5) is 0 Å². The van der Waals surface area contributed by atoms with Gasteiger partial charge in [0, 0.05) is 88.9 Å². The number of benzene rings is 1. The van der Waals surface area contributed by atoms with Gasteiger partial charge in [-0.25, -0.2) is 4.79 Å². The third-order valence-corrected chi connectivity index (χ3v) is 14.9. The van der Waals surface area contributed by atoms with Gasteiger partial charge in [0.05, 0.1) is 30.5 Å². The lowest BCUT2D eigenvalue weighted by atomic mass is 9.42. The maximum Gasteiger partial charge on any atom is 0.338 e. The van der Waals surface area contributed by atoms with E-state index in [2.05, 4.69) is 4.90 Å². The molecular formula is C41H59NO13. The van der Waals surface area contributed by atoms with Crippen molar-refractivity contribution in [1.82, 2.24) is 4.90 Å². The number of aliphatic carboxylic acids is 1. The summed E-state index contributed by atoms with van der Waals surface area (Å²) in [5.74, 6) is -4.65. The molecular weight excluding hydrogens is 714 g/mol. The van der Waals surface area contributed by atoms with Crippen molar-refractivity contribution in [1.29, 1.82) is 0 Å². The minimum Gasteiger partial charge on any atom is -0.481 e. The van der Waals surface area contributed by atoms with Crippen LogP contribution < -0.4 is 0 Å². The Morgan fingerprint density at radius 2 is 1.58 bits per heavy atom. The number of ether oxygens (including phenoxy) is 6. The molecule has 4 N–H and O–H groups in total. The molecule has 1 saturated heterocycles. The van der Waals surface area contributed by atoms with Gasteiger partial charge in [0.2, 0.25) is 0 Å². The molecule has 15 atom stereocenters. The van der Waals surface area contributed by atoms with Crippen molar-refractivity contribution in [3.8, 4) is 0 Å². The number of methoxy groups -OCH3 is 4. The van der Waals surface area contributed by atoms with Crippen molar-refractivity contribution in [2.45, 2.75) is 119 Å². The van der Waals surface area contributed by atoms with Gasteiger partial charge in [-0.1, -0.05) is 44.4 Å². The molecule has 0 unspecified atom stereocenters. The highest BCUT2D eigenvalue weighted by Gasteiger charge is 2.92. The minimum atomic E-state index is -1.88. The predicted octanol–water partition coefficient (Wildman–Crippen LogP) is 2.44. The van der Waals surface area contributed by atoms with Gasteiger partial charge in [-0.2, -0.15) is 0 Å². The Bertz CT molecular complexity index is 1580. The highest BCUT2D eigenvalue weighted by molar-refractivity contribution is 5.89. The van der Waals surface area contributed by atoms with E-state index in [1.54, 1.807) is 51.7 Å². The first-order chi connectivity index (χ1) is 26.4. The van der Waals surface area contributed by atoms with Gasteiger partial charge in [-0.05, 0) is 43.9 Å². The predicted molar refractivity (Wildman–Crippen MR) is 195 cm³/mol. The molecule has 6 aliphatic rings. The first kappa shape index (κ1) is 40.5. The van der Waals surface area contributed by atoms with Crippen LogP contribution in [0.2, 0.25) is 0 Å². The monoisotopic (exact) mass is 773 g/mol. The maximum atomic E-state index is 14.3. The van der Waals surface area contributed by atoms with Gasteiger partial charge in [-0.15, -0.1) is 0 Å². The third-order valence-electron chi connectivity index (χ3n) is 14.9. The Morgan fingerprint density at radius 1 is 0.891 bits per heavy atom. The molecule has 1 aromatic rings. The fourth-order valence-corrected chi connectivity index (χ4v) is 13.4. The zero-order valence-electron chi connectivity index (χ0n) is 32.6. The van der Waals surface area contributed by atoms with E-state index in [4.69, 9.17) is 33.5 Å². The Balaban J connectivity index is 1.38. The minimum absolute atomic E-state index is 0.0370. The normalized spacial score (nSPS) is 43.6. The number of carboxylic acid groups (broad SMARTS) is 1. The van der Waals surface area contributed by atoms with Crippen LogP contribution >= 0.6 is 0 Å². The third kappa shape index (κ3) is 5.67. The lowest BCUT2D eigenvalue weighted by molar-refractivity contribution is -0.323. The summed E-state index contributed by atoms with van der Waals surface area (Å²) in [5.41, 5.74) is -5.04. The molecule has 5 aliphatic carbocycles. The number of aliphatic hydroxyl groups excluding tert-OH is 2. The molecule has 0 aromatic heterocycles. The number of carboxylic acids is 1. The number of piperidine rings is 1. The van der Waals surface area contributed by atoms with Crippen LogP contribution in [-0.2, 0) is 38.0 Å². The Morgan fingerprint density at radius 3 is 2.20 bits per heavy atom. The zero-order chi connectivity index (χ0) is 39.5. The van der Waals surface area contributed by atoms with Gasteiger partial charge in [0.15, 0.2) is 5.60 Å². The highest BCUT2D eigenvalue weighted by Crippen LogP contribution is 2.80. The number of carbonyl (C=O) groups excluding carboxylic acids is 2. The van der Waals surface area contributed by atoms with E-state index in [1.807, 2.05) is 6.92 Å². The number of hydrogen-bond acceptors (Lipinski definition) is 13. The molecule has 7 bridgehead atoms. The second kappa shape index (κ2) is 15.2. The first-order valence-corrected chi connectivity index (χ1v) is 20.0. The Kier molecular flexibility index (Phi) is 11.2. The summed E-state index contributed by atoms with van der Waals surface area (Å²) in [6.07, 6.45) is -2.51. The van der Waals surface area contributed by atoms with Crippen LogP contribution in [0, 0.1) is 34.5 Å². The molecule has 7 rings (SSSR count). The Labute approximate surface area is 322 Å². The van der Waals surface area contributed by atoms with Gasteiger partial charge in [0.1, 0.15) is 23.9 Å². The zero-order valence-corrected chi connectivity index (χ0v) is 32.6. The summed E-state index contributed by atoms with van der Waals surface area (Å²) in [5, 5.41) is 47.0. The van der Waals surface area contributed by atoms with E-state index >= 15 is 0 Å². The maximum absolute atomic E-state index is 14.3. The molecule has 1 spiro atoms. The van der Waals surface area contributed by atoms with Crippen LogP contribution in [0.5, 0.6) is 0 Å². The number of unbranched alkanes of at least 4 members (excludes halogenated alkanes) is 4. The number of fused-ring (bicyclic) bond motifs is 2. The molecule has 14 nitrogen and oxygen atoms in total. The lowest BCUT2D eigenvalue weighted by Crippen LogP contribution is -2.81. The number of carbonyl (C=O) groups is 3. The molecule has 1 heterocycles. The summed E-state index contributed by atoms with van der Waals surface area (Å²) >= 11 is 0. The lowest BCUT2D eigenvalue weighted by Gasteiger charge is -2.70. The van der Waals surface area contributed by atoms with E-state index in [0.717, 1.165) is 12.8 Å². The molecule has 0 amide bonds. The average molecular weight is 774 g/mol. The van der Waals surface area contributed by atoms with Crippen LogP contribution in [0.25, 0.3) is 0 Å². The summed E-state index contributed by atoms with van der Waals surface area (Å²) in [6, 6.07) is 8.11. The van der Waals surface area contributed by atoms with E-state index < -0.39 is 106 Å². The summed E-state index contributed by atoms with van der Waals surface area (Å²) < 4.78 is 38.2. The topological polar surface area (TPSA) is 191 Å². The van der Waals surface area contributed by atoms with Gasteiger partial charge in [0.25, 0.3) is 0 Å². The molecule has 1 aliphatic heterocycles. The van der Waals surface area contributed by atoms with Crippen molar-refractivity contribution in [2.24, 2.45) is 34.5 Å². The molecule has 306 valence electrons. The SMILES string of the molecule is CCN1C[C@]2(COC)[C@H](O)C[C@H](OC)[C@@]34[C@@H]5C[C@@]6(O)[C@H](OC(=O)c7ccccc7)[C@@H]5[C@@](OC(=O)CCCCCCCC(=O)O)([C@@H]([C@H](OC)[C@H]23)[C@@H]14)[C@@H](O)[C@@H]6OC. The average Bonchev–Trinajstić information content (AvgIpc) is 3.54. The van der Waals surface area contributed by atoms with Crippen LogP contribution in [0.1, 0.15) is 75.1 Å². The summed E-state index contributed by atoms with van der Waals surface area (Å²) in [7, 11) is 6.26. The quantitative estimate of drug-likeness (QED) is 0.133. The molecule has 14 heteroatoms.